The third kappa shape index (κ3) is 2.35. The van der Waals surface area contributed by atoms with Crippen molar-refractivity contribution in [2.24, 2.45) is 0 Å². The number of hydrogen-bond acceptors (Lipinski definition) is 3. The van der Waals surface area contributed by atoms with E-state index in [-0.39, 0.29) is 0 Å². The molecule has 0 bridgehead atoms. The van der Waals surface area contributed by atoms with Crippen LogP contribution in [0, 0.1) is 0 Å². The van der Waals surface area contributed by atoms with Crippen molar-refractivity contribution in [2.45, 2.75) is 6.42 Å². The second kappa shape index (κ2) is 5.41. The van der Waals surface area contributed by atoms with Crippen LogP contribution in [0.1, 0.15) is 11.3 Å². The second-order valence-electron chi connectivity index (χ2n) is 5.13. The quantitative estimate of drug-likeness (QED) is 0.580. The highest BCUT2D eigenvalue weighted by molar-refractivity contribution is 5.59. The van der Waals surface area contributed by atoms with Gasteiger partial charge in [-0.05, 0) is 23.8 Å². The van der Waals surface area contributed by atoms with Crippen LogP contribution in [0.2, 0.25) is 0 Å². The van der Waals surface area contributed by atoms with E-state index in [1.54, 1.807) is 6.20 Å². The molecule has 0 spiro atoms. The summed E-state index contributed by atoms with van der Waals surface area (Å²) in [7, 11) is 0. The van der Waals surface area contributed by atoms with Gasteiger partial charge in [0.1, 0.15) is 0 Å². The van der Waals surface area contributed by atoms with Crippen LogP contribution in [0.25, 0.3) is 16.9 Å². The predicted molar refractivity (Wildman–Crippen MR) is 85.5 cm³/mol. The molecule has 0 aliphatic rings. The molecule has 106 valence electrons. The summed E-state index contributed by atoms with van der Waals surface area (Å²) in [5, 5.41) is 4.32. The molecule has 0 atom stereocenters. The van der Waals surface area contributed by atoms with E-state index in [4.69, 9.17) is 0 Å². The predicted octanol–water partition coefficient (Wildman–Crippen LogP) is 3.38. The summed E-state index contributed by atoms with van der Waals surface area (Å²) in [6.45, 7) is 0. The standard InChI is InChI=1S/C18H14N4/c1-2-10-19-17(3-1)15-6-4-14(5-7-15)13-16-8-11-20-18-9-12-21-22(16)18/h1-12H,13H2. The molecule has 3 aromatic heterocycles. The van der Waals surface area contributed by atoms with Gasteiger partial charge in [-0.2, -0.15) is 5.10 Å². The molecule has 4 nitrogen and oxygen atoms in total. The second-order valence-corrected chi connectivity index (χ2v) is 5.13. The van der Waals surface area contributed by atoms with E-state index < -0.39 is 0 Å². The van der Waals surface area contributed by atoms with Gasteiger partial charge in [-0.25, -0.2) is 9.50 Å². The lowest BCUT2D eigenvalue weighted by atomic mass is 10.1. The van der Waals surface area contributed by atoms with Crippen LogP contribution < -0.4 is 0 Å². The molecule has 4 aromatic rings. The van der Waals surface area contributed by atoms with Gasteiger partial charge in [-0.15, -0.1) is 0 Å². The number of pyridine rings is 1. The Balaban J connectivity index is 1.63. The molecule has 0 saturated carbocycles. The molecular weight excluding hydrogens is 272 g/mol. The van der Waals surface area contributed by atoms with E-state index in [0.717, 1.165) is 29.0 Å². The smallest absolute Gasteiger partial charge is 0.155 e. The maximum atomic E-state index is 4.37. The zero-order valence-corrected chi connectivity index (χ0v) is 11.9. The molecule has 0 aliphatic heterocycles. The van der Waals surface area contributed by atoms with Gasteiger partial charge in [0.25, 0.3) is 0 Å². The van der Waals surface area contributed by atoms with E-state index in [9.17, 15) is 0 Å². The van der Waals surface area contributed by atoms with Crippen molar-refractivity contribution in [3.05, 3.63) is 84.4 Å². The van der Waals surface area contributed by atoms with Gasteiger partial charge in [-0.3, -0.25) is 4.98 Å². The van der Waals surface area contributed by atoms with Crippen molar-refractivity contribution in [3.63, 3.8) is 0 Å². The van der Waals surface area contributed by atoms with Gasteiger partial charge in [0.05, 0.1) is 17.6 Å². The Morgan fingerprint density at radius 1 is 0.773 bits per heavy atom. The van der Waals surface area contributed by atoms with Crippen LogP contribution in [0.15, 0.2) is 73.2 Å². The molecular formula is C18H14N4. The highest BCUT2D eigenvalue weighted by Gasteiger charge is 2.04. The summed E-state index contributed by atoms with van der Waals surface area (Å²) in [6.07, 6.45) is 6.24. The van der Waals surface area contributed by atoms with Crippen molar-refractivity contribution in [1.29, 1.82) is 0 Å². The lowest BCUT2D eigenvalue weighted by Gasteiger charge is -2.06. The van der Waals surface area contributed by atoms with E-state index >= 15 is 0 Å². The average molecular weight is 286 g/mol. The summed E-state index contributed by atoms with van der Waals surface area (Å²) in [4.78, 5) is 8.66. The maximum absolute atomic E-state index is 4.37. The molecule has 0 saturated heterocycles. The molecule has 0 unspecified atom stereocenters. The zero-order chi connectivity index (χ0) is 14.8. The number of hydrogen-bond donors (Lipinski definition) is 0. The normalized spacial score (nSPS) is 10.9. The minimum atomic E-state index is 0.823. The number of fused-ring (bicyclic) bond motifs is 1. The van der Waals surface area contributed by atoms with Crippen molar-refractivity contribution in [2.75, 3.05) is 0 Å². The highest BCUT2D eigenvalue weighted by Crippen LogP contribution is 2.18. The summed E-state index contributed by atoms with van der Waals surface area (Å²) >= 11 is 0. The molecule has 0 fully saturated rings. The lowest BCUT2D eigenvalue weighted by Crippen LogP contribution is -2.00. The van der Waals surface area contributed by atoms with Gasteiger partial charge in [-0.1, -0.05) is 30.3 Å². The summed E-state index contributed by atoms with van der Waals surface area (Å²) in [5.41, 5.74) is 5.36. The molecule has 4 rings (SSSR count). The molecule has 0 N–H and O–H groups in total. The Bertz CT molecular complexity index is 895. The molecule has 0 amide bonds. The van der Waals surface area contributed by atoms with Gasteiger partial charge in [0, 0.05) is 30.4 Å². The SMILES string of the molecule is c1ccc(-c2ccc(Cc3ccnc4ccnn34)cc2)nc1. The highest BCUT2D eigenvalue weighted by atomic mass is 15.2. The monoisotopic (exact) mass is 286 g/mol. The van der Waals surface area contributed by atoms with Crippen molar-refractivity contribution >= 4 is 5.65 Å². The molecule has 1 aromatic carbocycles. The summed E-state index contributed by atoms with van der Waals surface area (Å²) in [6, 6.07) is 18.4. The average Bonchev–Trinajstić information content (AvgIpc) is 3.06. The van der Waals surface area contributed by atoms with Gasteiger partial charge in [0.2, 0.25) is 0 Å². The fourth-order valence-electron chi connectivity index (χ4n) is 2.56. The Morgan fingerprint density at radius 3 is 2.50 bits per heavy atom. The molecule has 0 radical (unpaired) electrons. The topological polar surface area (TPSA) is 43.1 Å². The minimum absolute atomic E-state index is 0.823. The van der Waals surface area contributed by atoms with Crippen molar-refractivity contribution in [3.8, 4) is 11.3 Å². The Hall–Kier alpha value is -3.01. The van der Waals surface area contributed by atoms with Gasteiger partial charge >= 0.3 is 0 Å². The zero-order valence-electron chi connectivity index (χ0n) is 11.9. The lowest BCUT2D eigenvalue weighted by molar-refractivity contribution is 0.862. The molecule has 0 aliphatic carbocycles. The molecule has 22 heavy (non-hydrogen) atoms. The van der Waals surface area contributed by atoms with Crippen LogP contribution in [0.4, 0.5) is 0 Å². The maximum Gasteiger partial charge on any atom is 0.155 e. The van der Waals surface area contributed by atoms with Crippen LogP contribution >= 0.6 is 0 Å². The molecule has 4 heteroatoms. The van der Waals surface area contributed by atoms with Crippen molar-refractivity contribution in [1.82, 2.24) is 19.6 Å². The number of benzene rings is 1. The Kier molecular flexibility index (Phi) is 3.12. The van der Waals surface area contributed by atoms with E-state index in [0.29, 0.717) is 0 Å². The number of aromatic nitrogens is 4. The van der Waals surface area contributed by atoms with E-state index in [2.05, 4.69) is 39.3 Å². The minimum Gasteiger partial charge on any atom is -0.256 e. The first-order chi connectivity index (χ1) is 10.9. The Labute approximate surface area is 128 Å². The first-order valence-corrected chi connectivity index (χ1v) is 7.18. The van der Waals surface area contributed by atoms with Gasteiger partial charge < -0.3 is 0 Å². The molecule has 3 heterocycles. The van der Waals surface area contributed by atoms with E-state index in [1.807, 2.05) is 47.2 Å². The summed E-state index contributed by atoms with van der Waals surface area (Å²) in [5.74, 6) is 0. The van der Waals surface area contributed by atoms with Crippen LogP contribution in [-0.2, 0) is 6.42 Å². The first-order valence-electron chi connectivity index (χ1n) is 7.18. The Morgan fingerprint density at radius 2 is 1.68 bits per heavy atom. The van der Waals surface area contributed by atoms with Crippen LogP contribution in [0.5, 0.6) is 0 Å². The third-order valence-electron chi connectivity index (χ3n) is 3.67. The van der Waals surface area contributed by atoms with Crippen LogP contribution in [0.3, 0.4) is 0 Å². The van der Waals surface area contributed by atoms with Gasteiger partial charge in [0.15, 0.2) is 5.65 Å². The number of rotatable bonds is 3. The van der Waals surface area contributed by atoms with Crippen molar-refractivity contribution < 1.29 is 0 Å². The van der Waals surface area contributed by atoms with E-state index in [1.165, 1.54) is 5.56 Å². The largest absolute Gasteiger partial charge is 0.256 e. The third-order valence-corrected chi connectivity index (χ3v) is 3.67. The summed E-state index contributed by atoms with van der Waals surface area (Å²) < 4.78 is 1.88. The first kappa shape index (κ1) is 12.7. The fraction of sp³-hybridized carbons (Fsp3) is 0.0556. The van der Waals surface area contributed by atoms with Crippen LogP contribution in [-0.4, -0.2) is 19.6 Å². The fourth-order valence-corrected chi connectivity index (χ4v) is 2.56. The number of nitrogens with zero attached hydrogens (tertiary/aromatic N) is 4.